The van der Waals surface area contributed by atoms with Gasteiger partial charge >= 0.3 is 0 Å². The van der Waals surface area contributed by atoms with Crippen molar-refractivity contribution < 1.29 is 10.2 Å². The van der Waals surface area contributed by atoms with Crippen molar-refractivity contribution in [3.05, 3.63) is 11.6 Å². The summed E-state index contributed by atoms with van der Waals surface area (Å²) < 4.78 is 0. The van der Waals surface area contributed by atoms with Crippen molar-refractivity contribution in [2.24, 2.45) is 45.8 Å². The molecule has 0 aromatic heterocycles. The fraction of sp³-hybridized carbons (Fsp3) is 0.938. The van der Waals surface area contributed by atoms with Crippen LogP contribution in [0.5, 0.6) is 0 Å². The van der Waals surface area contributed by atoms with Gasteiger partial charge in [0.1, 0.15) is 0 Å². The average Bonchev–Trinajstić information content (AvgIpc) is 3.16. The van der Waals surface area contributed by atoms with Crippen LogP contribution in [0.2, 0.25) is 0 Å². The number of aliphatic hydroxyl groups excluding tert-OH is 1. The molecule has 0 aliphatic heterocycles. The monoisotopic (exact) mass is 470 g/mol. The van der Waals surface area contributed by atoms with E-state index in [1.54, 1.807) is 5.57 Å². The Morgan fingerprint density at radius 1 is 0.882 bits per heavy atom. The number of fused-ring (bicyclic) bond motifs is 5. The molecule has 2 N–H and O–H groups in total. The molecule has 9 atom stereocenters. The zero-order chi connectivity index (χ0) is 24.4. The predicted molar refractivity (Wildman–Crippen MR) is 141 cm³/mol. The van der Waals surface area contributed by atoms with Gasteiger partial charge in [0, 0.05) is 0 Å². The third kappa shape index (κ3) is 3.96. The van der Waals surface area contributed by atoms with Crippen molar-refractivity contribution >= 4 is 0 Å². The number of hydrogen-bond donors (Lipinski definition) is 2. The van der Waals surface area contributed by atoms with E-state index in [0.717, 1.165) is 49.4 Å². The maximum absolute atomic E-state index is 10.9. The molecule has 4 fully saturated rings. The Morgan fingerprint density at radius 2 is 1.62 bits per heavy atom. The maximum atomic E-state index is 10.9. The Kier molecular flexibility index (Phi) is 6.62. The minimum Gasteiger partial charge on any atom is -0.393 e. The molecule has 34 heavy (non-hydrogen) atoms. The van der Waals surface area contributed by atoms with Gasteiger partial charge in [0.25, 0.3) is 0 Å². The van der Waals surface area contributed by atoms with Crippen LogP contribution in [0, 0.1) is 45.8 Å². The number of hydrogen-bond acceptors (Lipinski definition) is 2. The van der Waals surface area contributed by atoms with Crippen molar-refractivity contribution in [2.45, 2.75) is 143 Å². The van der Waals surface area contributed by atoms with Gasteiger partial charge in [-0.05, 0) is 130 Å². The highest BCUT2D eigenvalue weighted by Crippen LogP contribution is 2.72. The number of rotatable bonds is 5. The van der Waals surface area contributed by atoms with Crippen LogP contribution in [0.15, 0.2) is 11.6 Å². The van der Waals surface area contributed by atoms with E-state index in [1.165, 1.54) is 70.6 Å². The summed E-state index contributed by atoms with van der Waals surface area (Å²) in [7, 11) is 0. The van der Waals surface area contributed by atoms with Crippen molar-refractivity contribution in [3.63, 3.8) is 0 Å². The normalized spacial score (nSPS) is 48.9. The summed E-state index contributed by atoms with van der Waals surface area (Å²) >= 11 is 0. The van der Waals surface area contributed by atoms with Gasteiger partial charge in [-0.15, -0.1) is 0 Å². The Balaban J connectivity index is 1.29. The van der Waals surface area contributed by atoms with Crippen LogP contribution in [-0.2, 0) is 0 Å². The highest BCUT2D eigenvalue weighted by atomic mass is 16.3. The van der Waals surface area contributed by atoms with Gasteiger partial charge < -0.3 is 10.2 Å². The summed E-state index contributed by atoms with van der Waals surface area (Å²) in [4.78, 5) is 0. The third-order valence-electron chi connectivity index (χ3n) is 13.1. The first kappa shape index (κ1) is 25.3. The van der Waals surface area contributed by atoms with Gasteiger partial charge in [0.05, 0.1) is 11.7 Å². The van der Waals surface area contributed by atoms with Gasteiger partial charge in [-0.1, -0.05) is 58.6 Å². The summed E-state index contributed by atoms with van der Waals surface area (Å²) in [6.07, 6.45) is 21.1. The fourth-order valence-electron chi connectivity index (χ4n) is 10.5. The van der Waals surface area contributed by atoms with Crippen LogP contribution in [0.1, 0.15) is 131 Å². The summed E-state index contributed by atoms with van der Waals surface area (Å²) in [6.45, 7) is 12.4. The Labute approximate surface area is 210 Å². The molecular formula is C32H54O2. The van der Waals surface area contributed by atoms with E-state index in [1.807, 2.05) is 6.92 Å². The van der Waals surface area contributed by atoms with E-state index >= 15 is 0 Å². The highest BCUT2D eigenvalue weighted by Gasteiger charge is 2.64. The van der Waals surface area contributed by atoms with Gasteiger partial charge in [0.15, 0.2) is 0 Å². The minimum atomic E-state index is -0.506. The molecule has 0 spiro atoms. The SMILES string of the molecule is C[C@H](CC[C@H](O)C1CCCCC1)[C@H]1CC[C@H]2[C@@H]3CC=C4C[C@@](C)(O)CC[C@]4(C)[C@@]3(C)CC[C@]12C. The van der Waals surface area contributed by atoms with Crippen LogP contribution in [0.3, 0.4) is 0 Å². The van der Waals surface area contributed by atoms with Gasteiger partial charge in [-0.3, -0.25) is 0 Å². The molecule has 5 aliphatic rings. The molecule has 2 heteroatoms. The Bertz CT molecular complexity index is 778. The Morgan fingerprint density at radius 3 is 2.35 bits per heavy atom. The van der Waals surface area contributed by atoms with Gasteiger partial charge in [0.2, 0.25) is 0 Å². The predicted octanol–water partition coefficient (Wildman–Crippen LogP) is 8.06. The first-order valence-electron chi connectivity index (χ1n) is 15.1. The molecule has 2 nitrogen and oxygen atoms in total. The summed E-state index contributed by atoms with van der Waals surface area (Å²) in [5.41, 5.74) is 2.20. The van der Waals surface area contributed by atoms with Crippen LogP contribution < -0.4 is 0 Å². The second-order valence-electron chi connectivity index (χ2n) is 14.8. The molecule has 0 unspecified atom stereocenters. The van der Waals surface area contributed by atoms with E-state index < -0.39 is 5.60 Å². The average molecular weight is 471 g/mol. The van der Waals surface area contributed by atoms with E-state index in [-0.39, 0.29) is 11.5 Å². The molecule has 194 valence electrons. The van der Waals surface area contributed by atoms with Crippen LogP contribution in [0.4, 0.5) is 0 Å². The molecule has 0 radical (unpaired) electrons. The van der Waals surface area contributed by atoms with Crippen LogP contribution in [0.25, 0.3) is 0 Å². The quantitative estimate of drug-likeness (QED) is 0.399. The lowest BCUT2D eigenvalue weighted by Crippen LogP contribution is -2.57. The molecule has 0 aromatic rings. The zero-order valence-electron chi connectivity index (χ0n) is 23.0. The lowest BCUT2D eigenvalue weighted by molar-refractivity contribution is -0.127. The van der Waals surface area contributed by atoms with E-state index in [2.05, 4.69) is 33.8 Å². The summed E-state index contributed by atoms with van der Waals surface area (Å²) in [5, 5.41) is 21.7. The largest absolute Gasteiger partial charge is 0.393 e. The van der Waals surface area contributed by atoms with E-state index in [9.17, 15) is 10.2 Å². The first-order valence-corrected chi connectivity index (χ1v) is 15.1. The molecule has 5 aliphatic carbocycles. The van der Waals surface area contributed by atoms with Gasteiger partial charge in [-0.2, -0.15) is 0 Å². The molecule has 0 heterocycles. The molecule has 4 saturated carbocycles. The summed E-state index contributed by atoms with van der Waals surface area (Å²) in [6, 6.07) is 0. The Hall–Kier alpha value is -0.340. The molecule has 0 aromatic carbocycles. The second kappa shape index (κ2) is 8.90. The van der Waals surface area contributed by atoms with Gasteiger partial charge in [-0.25, -0.2) is 0 Å². The molecular weight excluding hydrogens is 416 g/mol. The highest BCUT2D eigenvalue weighted by molar-refractivity contribution is 5.30. The molecule has 0 bridgehead atoms. The third-order valence-corrected chi connectivity index (χ3v) is 13.1. The van der Waals surface area contributed by atoms with Crippen molar-refractivity contribution in [1.29, 1.82) is 0 Å². The molecule has 0 saturated heterocycles. The zero-order valence-corrected chi connectivity index (χ0v) is 23.0. The second-order valence-corrected chi connectivity index (χ2v) is 14.8. The smallest absolute Gasteiger partial charge is 0.0657 e. The maximum Gasteiger partial charge on any atom is 0.0657 e. The van der Waals surface area contributed by atoms with Crippen LogP contribution >= 0.6 is 0 Å². The van der Waals surface area contributed by atoms with Crippen LogP contribution in [-0.4, -0.2) is 21.9 Å². The number of allylic oxidation sites excluding steroid dienone is 1. The summed E-state index contributed by atoms with van der Waals surface area (Å²) in [5.74, 6) is 3.77. The lowest BCUT2D eigenvalue weighted by Gasteiger charge is -2.65. The molecule has 0 amide bonds. The first-order chi connectivity index (χ1) is 16.0. The van der Waals surface area contributed by atoms with Crippen molar-refractivity contribution in [1.82, 2.24) is 0 Å². The topological polar surface area (TPSA) is 40.5 Å². The fourth-order valence-corrected chi connectivity index (χ4v) is 10.5. The lowest BCUT2D eigenvalue weighted by atomic mass is 9.40. The number of aliphatic hydroxyl groups is 2. The minimum absolute atomic E-state index is 0.0623. The van der Waals surface area contributed by atoms with E-state index in [4.69, 9.17) is 0 Å². The standard InChI is InChI=1S/C32H54O2/c1-22(11-16-28(33)23-9-7-6-8-10-23)25-14-15-26-27-13-12-24-21-29(2,34)17-19-31(24,4)32(27,5)20-18-30(25,26)3/h12,22-23,25-28,33-34H,6-11,13-21H2,1-5H3/t22-,25-,26+,27+,28+,29+,30-,31+,32+/m1/s1. The van der Waals surface area contributed by atoms with Crippen molar-refractivity contribution in [3.8, 4) is 0 Å². The molecule has 5 rings (SSSR count). The van der Waals surface area contributed by atoms with Crippen molar-refractivity contribution in [2.75, 3.05) is 0 Å². The van der Waals surface area contributed by atoms with E-state index in [0.29, 0.717) is 16.7 Å².